The first kappa shape index (κ1) is 21.6. The SMILES string of the molecule is NC1(NC(=O)[C@@H]2C[C@@H]([S+]([O-])c3ccccc3C(F)(F)F)CN2c2cc(C3CC3)n[nH]2)CC1. The maximum Gasteiger partial charge on any atom is 0.421 e. The van der Waals surface area contributed by atoms with Crippen molar-refractivity contribution in [3.05, 3.63) is 41.6 Å². The minimum atomic E-state index is -4.61. The normalized spacial score (nSPS) is 25.6. The Bertz CT molecular complexity index is 1020. The fraction of sp³-hybridized carbons (Fsp3) is 0.524. The van der Waals surface area contributed by atoms with E-state index in [1.807, 2.05) is 6.07 Å². The Kier molecular flexibility index (Phi) is 5.18. The number of nitrogens with two attached hydrogens (primary N) is 1. The third kappa shape index (κ3) is 4.20. The Morgan fingerprint density at radius 2 is 2.03 bits per heavy atom. The molecule has 3 aliphatic rings. The van der Waals surface area contributed by atoms with Gasteiger partial charge in [0.15, 0.2) is 4.90 Å². The number of aromatic amines is 1. The lowest BCUT2D eigenvalue weighted by molar-refractivity contribution is -0.139. The van der Waals surface area contributed by atoms with Gasteiger partial charge in [0.05, 0.1) is 17.9 Å². The van der Waals surface area contributed by atoms with Crippen LogP contribution in [0, 0.1) is 0 Å². The highest BCUT2D eigenvalue weighted by Gasteiger charge is 2.49. The molecule has 2 aromatic rings. The number of carbonyl (C=O) groups excluding carboxylic acids is 1. The number of hydrogen-bond donors (Lipinski definition) is 3. The summed E-state index contributed by atoms with van der Waals surface area (Å²) >= 11 is -1.95. The van der Waals surface area contributed by atoms with E-state index in [-0.39, 0.29) is 23.8 Å². The molecule has 3 atom stereocenters. The molecular formula is C21H24F3N5O2S. The molecule has 1 saturated heterocycles. The summed E-state index contributed by atoms with van der Waals surface area (Å²) in [4.78, 5) is 14.5. The predicted octanol–water partition coefficient (Wildman–Crippen LogP) is 2.63. The summed E-state index contributed by atoms with van der Waals surface area (Å²) in [5.74, 6) is 0.700. The molecule has 1 aromatic carbocycles. The van der Waals surface area contributed by atoms with Crippen LogP contribution in [-0.4, -0.2) is 44.2 Å². The minimum absolute atomic E-state index is 0.151. The number of nitrogens with zero attached hydrogens (tertiary/aromatic N) is 2. The second kappa shape index (κ2) is 7.67. The van der Waals surface area contributed by atoms with Crippen LogP contribution in [0.5, 0.6) is 0 Å². The zero-order valence-electron chi connectivity index (χ0n) is 17.2. The smallest absolute Gasteiger partial charge is 0.421 e. The second-order valence-corrected chi connectivity index (χ2v) is 10.6. The summed E-state index contributed by atoms with van der Waals surface area (Å²) in [7, 11) is 0. The van der Waals surface area contributed by atoms with Crippen molar-refractivity contribution in [1.82, 2.24) is 15.5 Å². The van der Waals surface area contributed by atoms with Gasteiger partial charge in [-0.15, -0.1) is 0 Å². The molecule has 2 saturated carbocycles. The Labute approximate surface area is 186 Å². The zero-order chi connectivity index (χ0) is 22.7. The van der Waals surface area contributed by atoms with Crippen LogP contribution in [0.1, 0.15) is 49.3 Å². The molecule has 172 valence electrons. The fourth-order valence-corrected chi connectivity index (χ4v) is 5.80. The van der Waals surface area contributed by atoms with Gasteiger partial charge >= 0.3 is 6.18 Å². The lowest BCUT2D eigenvalue weighted by atomic mass is 10.2. The molecule has 1 amide bonds. The van der Waals surface area contributed by atoms with E-state index in [0.29, 0.717) is 24.6 Å². The predicted molar refractivity (Wildman–Crippen MR) is 112 cm³/mol. The van der Waals surface area contributed by atoms with E-state index >= 15 is 0 Å². The van der Waals surface area contributed by atoms with E-state index in [1.54, 1.807) is 4.90 Å². The lowest BCUT2D eigenvalue weighted by Gasteiger charge is -2.25. The number of benzene rings is 1. The van der Waals surface area contributed by atoms with Gasteiger partial charge < -0.3 is 20.5 Å². The molecule has 32 heavy (non-hydrogen) atoms. The van der Waals surface area contributed by atoms with Crippen LogP contribution >= 0.6 is 0 Å². The molecule has 4 N–H and O–H groups in total. The highest BCUT2D eigenvalue weighted by molar-refractivity contribution is 7.92. The van der Waals surface area contributed by atoms with Crippen LogP contribution in [0.25, 0.3) is 0 Å². The number of carbonyl (C=O) groups is 1. The number of amides is 1. The summed E-state index contributed by atoms with van der Waals surface area (Å²) in [6.45, 7) is 0.167. The quantitative estimate of drug-likeness (QED) is 0.447. The maximum atomic E-state index is 13.5. The Morgan fingerprint density at radius 3 is 2.69 bits per heavy atom. The molecule has 3 fully saturated rings. The molecule has 1 aliphatic heterocycles. The summed E-state index contributed by atoms with van der Waals surface area (Å²) in [6.07, 6.45) is -0.985. The summed E-state index contributed by atoms with van der Waals surface area (Å²) < 4.78 is 53.7. The van der Waals surface area contributed by atoms with Crippen LogP contribution in [0.4, 0.5) is 19.0 Å². The van der Waals surface area contributed by atoms with E-state index in [4.69, 9.17) is 5.73 Å². The standard InChI is InChI=1S/C21H24F3N5O2S/c22-21(23,24)14-3-1-2-4-17(14)32(31)13-9-16(19(30)26-20(25)7-8-20)29(11-13)18-10-15(27-28-18)12-5-6-12/h1-4,10,12-13,16H,5-9,11,25H2,(H,26,30)(H,27,28)/t13-,16+,32?/m1/s1. The number of hydrogen-bond acceptors (Lipinski definition) is 5. The molecule has 2 aliphatic carbocycles. The number of nitrogens with one attached hydrogen (secondary N) is 2. The fourth-order valence-electron chi connectivity index (χ4n) is 4.17. The van der Waals surface area contributed by atoms with Gasteiger partial charge in [0.2, 0.25) is 5.91 Å². The Hall–Kier alpha value is -2.24. The molecule has 2 heterocycles. The Morgan fingerprint density at radius 1 is 1.31 bits per heavy atom. The molecular weight excluding hydrogens is 443 g/mol. The van der Waals surface area contributed by atoms with Crippen LogP contribution in [-0.2, 0) is 22.1 Å². The van der Waals surface area contributed by atoms with Crippen molar-refractivity contribution < 1.29 is 22.5 Å². The molecule has 5 rings (SSSR count). The largest absolute Gasteiger partial charge is 0.611 e. The van der Waals surface area contributed by atoms with Gasteiger partial charge in [-0.05, 0) is 49.0 Å². The van der Waals surface area contributed by atoms with Crippen molar-refractivity contribution in [3.8, 4) is 0 Å². The number of rotatable bonds is 6. The van der Waals surface area contributed by atoms with Gasteiger partial charge in [0.25, 0.3) is 0 Å². The summed E-state index contributed by atoms with van der Waals surface area (Å²) in [6, 6.07) is 6.09. The molecule has 0 spiro atoms. The average Bonchev–Trinajstić information content (AvgIpc) is 3.62. The topological polar surface area (TPSA) is 110 Å². The van der Waals surface area contributed by atoms with Gasteiger partial charge in [-0.2, -0.15) is 18.3 Å². The van der Waals surface area contributed by atoms with Gasteiger partial charge in [0, 0.05) is 18.4 Å². The average molecular weight is 468 g/mol. The van der Waals surface area contributed by atoms with Gasteiger partial charge in [-0.3, -0.25) is 9.89 Å². The second-order valence-electron chi connectivity index (χ2n) is 8.91. The maximum absolute atomic E-state index is 13.5. The van der Waals surface area contributed by atoms with Crippen molar-refractivity contribution >= 4 is 22.9 Å². The van der Waals surface area contributed by atoms with E-state index in [1.165, 1.54) is 18.2 Å². The number of H-pyrrole nitrogens is 1. The Balaban J connectivity index is 1.42. The van der Waals surface area contributed by atoms with Crippen LogP contribution in [0.15, 0.2) is 35.2 Å². The summed E-state index contributed by atoms with van der Waals surface area (Å²) in [5.41, 5.74) is 5.32. The van der Waals surface area contributed by atoms with Crippen molar-refractivity contribution in [3.63, 3.8) is 0 Å². The summed E-state index contributed by atoms with van der Waals surface area (Å²) in [5, 5.41) is 9.46. The minimum Gasteiger partial charge on any atom is -0.611 e. The van der Waals surface area contributed by atoms with Crippen LogP contribution in [0.2, 0.25) is 0 Å². The van der Waals surface area contributed by atoms with Gasteiger partial charge in [-0.25, -0.2) is 0 Å². The molecule has 0 bridgehead atoms. The van der Waals surface area contributed by atoms with Crippen molar-refractivity contribution in [2.75, 3.05) is 11.4 Å². The molecule has 0 radical (unpaired) electrons. The number of aromatic nitrogens is 2. The number of alkyl halides is 3. The van der Waals surface area contributed by atoms with E-state index in [2.05, 4.69) is 15.5 Å². The third-order valence-corrected chi connectivity index (χ3v) is 8.06. The van der Waals surface area contributed by atoms with Crippen molar-refractivity contribution in [1.29, 1.82) is 0 Å². The molecule has 11 heteroatoms. The van der Waals surface area contributed by atoms with E-state index < -0.39 is 39.9 Å². The monoisotopic (exact) mass is 467 g/mol. The lowest BCUT2D eigenvalue weighted by Crippen LogP contribution is -2.51. The van der Waals surface area contributed by atoms with Crippen molar-refractivity contribution in [2.45, 2.75) is 66.0 Å². The highest BCUT2D eigenvalue weighted by Crippen LogP contribution is 2.42. The molecule has 1 aromatic heterocycles. The molecule has 7 nitrogen and oxygen atoms in total. The van der Waals surface area contributed by atoms with Crippen LogP contribution < -0.4 is 16.0 Å². The third-order valence-electron chi connectivity index (χ3n) is 6.33. The first-order valence-corrected chi connectivity index (χ1v) is 11.9. The molecule has 1 unspecified atom stereocenters. The zero-order valence-corrected chi connectivity index (χ0v) is 18.0. The van der Waals surface area contributed by atoms with Gasteiger partial charge in [-0.1, -0.05) is 12.1 Å². The number of halogens is 3. The van der Waals surface area contributed by atoms with Crippen molar-refractivity contribution in [2.24, 2.45) is 5.73 Å². The highest BCUT2D eigenvalue weighted by atomic mass is 32.2. The van der Waals surface area contributed by atoms with Gasteiger partial charge in [0.1, 0.15) is 22.7 Å². The van der Waals surface area contributed by atoms with Crippen LogP contribution in [0.3, 0.4) is 0 Å². The first-order chi connectivity index (χ1) is 15.1. The van der Waals surface area contributed by atoms with E-state index in [9.17, 15) is 22.5 Å². The first-order valence-electron chi connectivity index (χ1n) is 10.6. The number of anilines is 1. The van der Waals surface area contributed by atoms with E-state index in [0.717, 1.165) is 24.6 Å².